The fourth-order valence-corrected chi connectivity index (χ4v) is 5.21. The first-order valence-electron chi connectivity index (χ1n) is 11.1. The number of nitrogens with zero attached hydrogens (tertiary/aromatic N) is 2. The summed E-state index contributed by atoms with van der Waals surface area (Å²) >= 11 is 0. The molecule has 4 rings (SSSR count). The first kappa shape index (κ1) is 22.9. The van der Waals surface area contributed by atoms with Crippen molar-refractivity contribution in [2.45, 2.75) is 68.7 Å². The molecule has 6 nitrogen and oxygen atoms in total. The SMILES string of the molecule is O=CC(O)N1CCCC(c2ccn[nH]2)C1CO[C@H]1CC[C@@H](c2c(F)ccc(F)c2F)CC1. The summed E-state index contributed by atoms with van der Waals surface area (Å²) in [5.41, 5.74) is 0.762. The molecule has 3 unspecified atom stereocenters. The highest BCUT2D eigenvalue weighted by Gasteiger charge is 2.37. The molecule has 2 aliphatic rings. The van der Waals surface area contributed by atoms with E-state index in [9.17, 15) is 23.1 Å². The number of ether oxygens (including phenoxy) is 1. The first-order chi connectivity index (χ1) is 15.5. The molecule has 1 aliphatic heterocycles. The number of aromatic nitrogens is 2. The molecule has 1 aliphatic carbocycles. The minimum Gasteiger partial charge on any atom is -0.377 e. The predicted octanol–water partition coefficient (Wildman–Crippen LogP) is 3.64. The standard InChI is InChI=1S/C23H28F3N3O3/c24-17-7-8-18(25)23(26)22(17)14-3-5-15(6-4-14)32-13-20-16(19-9-10-27-28-19)2-1-11-29(20)21(31)12-30/h7-10,12,14-16,20-21,31H,1-6,11,13H2,(H,27,28)/t14-,15+,16?,20?,21?. The van der Waals surface area contributed by atoms with Crippen molar-refractivity contribution in [1.82, 2.24) is 15.1 Å². The van der Waals surface area contributed by atoms with Crippen LogP contribution in [-0.2, 0) is 9.53 Å². The number of carbonyl (C=O) groups is 1. The van der Waals surface area contributed by atoms with E-state index in [1.54, 1.807) is 11.1 Å². The Morgan fingerprint density at radius 2 is 1.91 bits per heavy atom. The van der Waals surface area contributed by atoms with Crippen molar-refractivity contribution in [3.63, 3.8) is 0 Å². The minimum atomic E-state index is -1.20. The number of hydrogen-bond acceptors (Lipinski definition) is 5. The lowest BCUT2D eigenvalue weighted by molar-refractivity contribution is -0.133. The summed E-state index contributed by atoms with van der Waals surface area (Å²) < 4.78 is 48.0. The third-order valence-electron chi connectivity index (χ3n) is 6.87. The lowest BCUT2D eigenvalue weighted by atomic mass is 9.82. The summed E-state index contributed by atoms with van der Waals surface area (Å²) in [4.78, 5) is 13.0. The van der Waals surface area contributed by atoms with Gasteiger partial charge in [-0.25, -0.2) is 13.2 Å². The van der Waals surface area contributed by atoms with E-state index in [0.29, 0.717) is 45.1 Å². The maximum absolute atomic E-state index is 14.2. The zero-order valence-electron chi connectivity index (χ0n) is 17.7. The number of aldehydes is 1. The molecular weight excluding hydrogens is 423 g/mol. The lowest BCUT2D eigenvalue weighted by Gasteiger charge is -2.42. The second kappa shape index (κ2) is 10.1. The molecule has 1 saturated carbocycles. The average Bonchev–Trinajstić information content (AvgIpc) is 3.35. The van der Waals surface area contributed by atoms with Crippen LogP contribution in [0.3, 0.4) is 0 Å². The van der Waals surface area contributed by atoms with Crippen molar-refractivity contribution in [1.29, 1.82) is 0 Å². The summed E-state index contributed by atoms with van der Waals surface area (Å²) in [6.45, 7) is 0.899. The van der Waals surface area contributed by atoms with Gasteiger partial charge in [-0.05, 0) is 62.6 Å². The van der Waals surface area contributed by atoms with Gasteiger partial charge >= 0.3 is 0 Å². The van der Waals surface area contributed by atoms with Crippen molar-refractivity contribution in [3.8, 4) is 0 Å². The van der Waals surface area contributed by atoms with Gasteiger partial charge in [-0.1, -0.05) is 0 Å². The number of H-pyrrole nitrogens is 1. The molecule has 1 aromatic heterocycles. The molecule has 0 amide bonds. The van der Waals surface area contributed by atoms with Crippen LogP contribution in [0.15, 0.2) is 24.4 Å². The van der Waals surface area contributed by atoms with Gasteiger partial charge in [-0.2, -0.15) is 5.10 Å². The molecule has 0 radical (unpaired) electrons. The van der Waals surface area contributed by atoms with Crippen LogP contribution < -0.4 is 0 Å². The molecule has 1 saturated heterocycles. The monoisotopic (exact) mass is 451 g/mol. The van der Waals surface area contributed by atoms with E-state index in [4.69, 9.17) is 4.74 Å². The fourth-order valence-electron chi connectivity index (χ4n) is 5.21. The van der Waals surface area contributed by atoms with E-state index in [2.05, 4.69) is 10.2 Å². The molecular formula is C23H28F3N3O3. The van der Waals surface area contributed by atoms with Crippen LogP contribution in [0.4, 0.5) is 13.2 Å². The number of aromatic amines is 1. The third kappa shape index (κ3) is 4.74. The normalized spacial score (nSPS) is 27.9. The molecule has 2 heterocycles. The van der Waals surface area contributed by atoms with E-state index < -0.39 is 23.7 Å². The van der Waals surface area contributed by atoms with Crippen LogP contribution in [0.2, 0.25) is 0 Å². The number of carbonyl (C=O) groups excluding carboxylic acids is 1. The van der Waals surface area contributed by atoms with E-state index in [1.165, 1.54) is 0 Å². The number of rotatable bonds is 7. The van der Waals surface area contributed by atoms with Gasteiger partial charge in [0.25, 0.3) is 0 Å². The minimum absolute atomic E-state index is 0.0349. The summed E-state index contributed by atoms with van der Waals surface area (Å²) in [6, 6.07) is 3.46. The predicted molar refractivity (Wildman–Crippen MR) is 110 cm³/mol. The number of likely N-dealkylation sites (tertiary alicyclic amines) is 1. The summed E-state index contributed by atoms with van der Waals surface area (Å²) in [5, 5.41) is 17.2. The second-order valence-corrected chi connectivity index (χ2v) is 8.68. The molecule has 32 heavy (non-hydrogen) atoms. The van der Waals surface area contributed by atoms with Crippen molar-refractivity contribution in [2.24, 2.45) is 0 Å². The van der Waals surface area contributed by atoms with Gasteiger partial charge in [-0.15, -0.1) is 0 Å². The molecule has 2 aromatic rings. The van der Waals surface area contributed by atoms with Gasteiger partial charge in [0.05, 0.1) is 12.7 Å². The Morgan fingerprint density at radius 3 is 2.59 bits per heavy atom. The topological polar surface area (TPSA) is 78.5 Å². The van der Waals surface area contributed by atoms with Crippen LogP contribution >= 0.6 is 0 Å². The highest BCUT2D eigenvalue weighted by atomic mass is 19.2. The fraction of sp³-hybridized carbons (Fsp3) is 0.565. The number of halogens is 3. The molecule has 1 aromatic carbocycles. The Hall–Kier alpha value is -2.23. The van der Waals surface area contributed by atoms with Crippen LogP contribution in [0.1, 0.15) is 61.6 Å². The van der Waals surface area contributed by atoms with Crippen LogP contribution in [0.25, 0.3) is 0 Å². The Bertz CT molecular complexity index is 903. The number of benzene rings is 1. The molecule has 0 spiro atoms. The molecule has 3 atom stereocenters. The van der Waals surface area contributed by atoms with Crippen molar-refractivity contribution in [3.05, 3.63) is 53.1 Å². The lowest BCUT2D eigenvalue weighted by Crippen LogP contribution is -2.52. The van der Waals surface area contributed by atoms with Gasteiger partial charge in [0.1, 0.15) is 5.82 Å². The average molecular weight is 451 g/mol. The molecule has 174 valence electrons. The summed E-state index contributed by atoms with van der Waals surface area (Å²) in [6.07, 6.45) is 4.78. The Labute approximate surface area is 184 Å². The molecule has 2 N–H and O–H groups in total. The van der Waals surface area contributed by atoms with Crippen molar-refractivity contribution in [2.75, 3.05) is 13.2 Å². The van der Waals surface area contributed by atoms with E-state index in [0.717, 1.165) is 30.7 Å². The number of hydrogen-bond donors (Lipinski definition) is 2. The number of aliphatic hydroxyl groups is 1. The largest absolute Gasteiger partial charge is 0.377 e. The zero-order chi connectivity index (χ0) is 22.7. The first-order valence-corrected chi connectivity index (χ1v) is 11.1. The maximum atomic E-state index is 14.2. The number of piperidine rings is 1. The number of aliphatic hydroxyl groups excluding tert-OH is 1. The maximum Gasteiger partial charge on any atom is 0.165 e. The Morgan fingerprint density at radius 1 is 1.16 bits per heavy atom. The van der Waals surface area contributed by atoms with E-state index in [1.807, 2.05) is 6.07 Å². The molecule has 9 heteroatoms. The van der Waals surface area contributed by atoms with Gasteiger partial charge in [0, 0.05) is 36.0 Å². The molecule has 2 fully saturated rings. The summed E-state index contributed by atoms with van der Waals surface area (Å²) in [7, 11) is 0. The Balaban J connectivity index is 1.40. The van der Waals surface area contributed by atoms with Gasteiger partial charge in [-0.3, -0.25) is 14.8 Å². The van der Waals surface area contributed by atoms with Gasteiger partial charge in [0.15, 0.2) is 24.1 Å². The second-order valence-electron chi connectivity index (χ2n) is 8.68. The summed E-state index contributed by atoms with van der Waals surface area (Å²) in [5.74, 6) is -3.19. The van der Waals surface area contributed by atoms with E-state index >= 15 is 0 Å². The van der Waals surface area contributed by atoms with Gasteiger partial charge < -0.3 is 9.84 Å². The van der Waals surface area contributed by atoms with Crippen LogP contribution in [0.5, 0.6) is 0 Å². The van der Waals surface area contributed by atoms with Gasteiger partial charge in [0.2, 0.25) is 0 Å². The van der Waals surface area contributed by atoms with E-state index in [-0.39, 0.29) is 29.5 Å². The highest BCUT2D eigenvalue weighted by Crippen LogP contribution is 2.38. The number of nitrogens with one attached hydrogen (secondary N) is 1. The Kier molecular flexibility index (Phi) is 7.27. The third-order valence-corrected chi connectivity index (χ3v) is 6.87. The zero-order valence-corrected chi connectivity index (χ0v) is 17.7. The highest BCUT2D eigenvalue weighted by molar-refractivity contribution is 5.55. The van der Waals surface area contributed by atoms with Crippen molar-refractivity contribution >= 4 is 6.29 Å². The van der Waals surface area contributed by atoms with Crippen LogP contribution in [0, 0.1) is 17.5 Å². The molecule has 0 bridgehead atoms. The smallest absolute Gasteiger partial charge is 0.165 e. The van der Waals surface area contributed by atoms with Crippen molar-refractivity contribution < 1.29 is 27.8 Å². The quantitative estimate of drug-likeness (QED) is 0.497. The van der Waals surface area contributed by atoms with Crippen LogP contribution in [-0.4, -0.2) is 58.0 Å².